The highest BCUT2D eigenvalue weighted by Crippen LogP contribution is 2.11. The average Bonchev–Trinajstić information content (AvgIpc) is 2.39. The molecular weight excluding hydrogens is 232 g/mol. The fourth-order valence-corrected chi connectivity index (χ4v) is 1.50. The number of aliphatic carboxylic acids is 1. The number of carboxylic acids is 1. The van der Waals surface area contributed by atoms with Crippen molar-refractivity contribution in [3.05, 3.63) is 30.3 Å². The van der Waals surface area contributed by atoms with Gasteiger partial charge in [-0.1, -0.05) is 25.1 Å². The Morgan fingerprint density at radius 2 is 1.94 bits per heavy atom. The molecule has 0 fully saturated rings. The van der Waals surface area contributed by atoms with Crippen LogP contribution >= 0.6 is 0 Å². The number of nitrogens with one attached hydrogen (secondary N) is 1. The smallest absolute Gasteiger partial charge is 0.321 e. The van der Waals surface area contributed by atoms with E-state index < -0.39 is 11.9 Å². The van der Waals surface area contributed by atoms with Crippen molar-refractivity contribution in [2.75, 3.05) is 18.5 Å². The molecule has 5 heteroatoms. The normalized spacial score (nSPS) is 11.7. The minimum atomic E-state index is -0.889. The number of hydrogen-bond donors (Lipinski definition) is 2. The zero-order valence-corrected chi connectivity index (χ0v) is 10.6. The van der Waals surface area contributed by atoms with Crippen LogP contribution in [0.25, 0.3) is 0 Å². The molecule has 0 saturated carbocycles. The van der Waals surface area contributed by atoms with Crippen molar-refractivity contribution in [3.63, 3.8) is 0 Å². The van der Waals surface area contributed by atoms with Crippen LogP contribution in [-0.2, 0) is 4.79 Å². The van der Waals surface area contributed by atoms with Crippen molar-refractivity contribution in [3.8, 4) is 0 Å². The number of carbonyl (C=O) groups excluding carboxylic acids is 1. The second kappa shape index (κ2) is 6.64. The lowest BCUT2D eigenvalue weighted by molar-refractivity contribution is -0.141. The van der Waals surface area contributed by atoms with Crippen LogP contribution in [0.3, 0.4) is 0 Å². The van der Waals surface area contributed by atoms with Crippen molar-refractivity contribution >= 4 is 17.7 Å². The Hall–Kier alpha value is -2.04. The number of anilines is 1. The van der Waals surface area contributed by atoms with Crippen LogP contribution < -0.4 is 10.2 Å². The number of nitrogens with zero attached hydrogens (tertiary/aromatic N) is 1. The Kier molecular flexibility index (Phi) is 5.17. The van der Waals surface area contributed by atoms with Crippen molar-refractivity contribution < 1.29 is 14.7 Å². The molecule has 18 heavy (non-hydrogen) atoms. The summed E-state index contributed by atoms with van der Waals surface area (Å²) in [6.07, 6.45) is 0.491. The summed E-state index contributed by atoms with van der Waals surface area (Å²) in [4.78, 5) is 24.1. The van der Waals surface area contributed by atoms with E-state index in [4.69, 9.17) is 5.11 Å². The first-order valence-corrected chi connectivity index (χ1v) is 5.85. The SMILES string of the molecule is CCC(CNC(=O)N(C)c1ccccc1)C(=O)O. The number of amides is 2. The molecule has 0 aliphatic heterocycles. The van der Waals surface area contributed by atoms with Crippen LogP contribution in [0.2, 0.25) is 0 Å². The highest BCUT2D eigenvalue weighted by atomic mass is 16.4. The third-order valence-corrected chi connectivity index (χ3v) is 2.79. The van der Waals surface area contributed by atoms with Gasteiger partial charge >= 0.3 is 12.0 Å². The molecule has 0 heterocycles. The van der Waals surface area contributed by atoms with Crippen molar-refractivity contribution in [2.24, 2.45) is 5.92 Å². The summed E-state index contributed by atoms with van der Waals surface area (Å²) in [5.74, 6) is -1.43. The molecule has 0 spiro atoms. The van der Waals surface area contributed by atoms with Crippen LogP contribution in [0.5, 0.6) is 0 Å². The van der Waals surface area contributed by atoms with Crippen LogP contribution in [0.15, 0.2) is 30.3 Å². The summed E-state index contributed by atoms with van der Waals surface area (Å²) < 4.78 is 0. The highest BCUT2D eigenvalue weighted by molar-refractivity contribution is 5.91. The molecule has 98 valence electrons. The number of carboxylic acid groups (broad SMARTS) is 1. The van der Waals surface area contributed by atoms with Crippen LogP contribution in [0.4, 0.5) is 10.5 Å². The molecule has 1 atom stereocenters. The molecule has 0 aliphatic rings. The molecule has 1 aromatic carbocycles. The number of para-hydroxylation sites is 1. The van der Waals surface area contributed by atoms with Gasteiger partial charge in [0.15, 0.2) is 0 Å². The van der Waals surface area contributed by atoms with Crippen molar-refractivity contribution in [1.82, 2.24) is 5.32 Å². The minimum absolute atomic E-state index is 0.141. The van der Waals surface area contributed by atoms with Crippen LogP contribution in [-0.4, -0.2) is 30.7 Å². The molecule has 0 saturated heterocycles. The van der Waals surface area contributed by atoms with Gasteiger partial charge in [-0.2, -0.15) is 0 Å². The quantitative estimate of drug-likeness (QED) is 0.839. The number of carbonyl (C=O) groups is 2. The fraction of sp³-hybridized carbons (Fsp3) is 0.385. The average molecular weight is 250 g/mol. The fourth-order valence-electron chi connectivity index (χ4n) is 1.50. The lowest BCUT2D eigenvalue weighted by Gasteiger charge is -2.19. The second-order valence-corrected chi connectivity index (χ2v) is 4.02. The number of urea groups is 1. The van der Waals surface area contributed by atoms with Gasteiger partial charge in [0.2, 0.25) is 0 Å². The maximum atomic E-state index is 11.8. The van der Waals surface area contributed by atoms with Crippen molar-refractivity contribution in [1.29, 1.82) is 0 Å². The third kappa shape index (κ3) is 3.76. The Balaban J connectivity index is 2.53. The first-order valence-electron chi connectivity index (χ1n) is 5.85. The second-order valence-electron chi connectivity index (χ2n) is 4.02. The van der Waals surface area contributed by atoms with E-state index in [2.05, 4.69) is 5.32 Å². The monoisotopic (exact) mass is 250 g/mol. The Morgan fingerprint density at radius 3 is 2.44 bits per heavy atom. The van der Waals surface area contributed by atoms with Gasteiger partial charge < -0.3 is 10.4 Å². The summed E-state index contributed by atoms with van der Waals surface area (Å²) in [6, 6.07) is 8.87. The summed E-state index contributed by atoms with van der Waals surface area (Å²) in [5, 5.41) is 11.5. The predicted molar refractivity (Wildman–Crippen MR) is 69.7 cm³/mol. The van der Waals surface area contributed by atoms with E-state index in [9.17, 15) is 9.59 Å². The van der Waals surface area contributed by atoms with E-state index >= 15 is 0 Å². The molecule has 2 amide bonds. The van der Waals surface area contributed by atoms with E-state index in [1.54, 1.807) is 14.0 Å². The number of hydrogen-bond acceptors (Lipinski definition) is 2. The summed E-state index contributed by atoms with van der Waals surface area (Å²) in [7, 11) is 1.65. The lowest BCUT2D eigenvalue weighted by atomic mass is 10.1. The van der Waals surface area contributed by atoms with Crippen LogP contribution in [0.1, 0.15) is 13.3 Å². The Labute approximate surface area is 106 Å². The molecule has 5 nitrogen and oxygen atoms in total. The van der Waals surface area contributed by atoms with Crippen molar-refractivity contribution in [2.45, 2.75) is 13.3 Å². The van der Waals surface area contributed by atoms with E-state index in [-0.39, 0.29) is 12.6 Å². The standard InChI is InChI=1S/C13H18N2O3/c1-3-10(12(16)17)9-14-13(18)15(2)11-7-5-4-6-8-11/h4-8,10H,3,9H2,1-2H3,(H,14,18)(H,16,17). The molecular formula is C13H18N2O3. The highest BCUT2D eigenvalue weighted by Gasteiger charge is 2.17. The molecule has 0 aromatic heterocycles. The Bertz CT molecular complexity index is 406. The Morgan fingerprint density at radius 1 is 1.33 bits per heavy atom. The molecule has 1 aromatic rings. The summed E-state index contributed by atoms with van der Waals surface area (Å²) in [5.41, 5.74) is 0.762. The zero-order valence-electron chi connectivity index (χ0n) is 10.6. The molecule has 0 bridgehead atoms. The molecule has 2 N–H and O–H groups in total. The van der Waals surface area contributed by atoms with E-state index in [0.717, 1.165) is 5.69 Å². The first-order chi connectivity index (χ1) is 8.56. The molecule has 0 aliphatic carbocycles. The van der Waals surface area contributed by atoms with Gasteiger partial charge in [-0.25, -0.2) is 4.79 Å². The first kappa shape index (κ1) is 14.0. The van der Waals surface area contributed by atoms with E-state index in [1.807, 2.05) is 30.3 Å². The molecule has 1 rings (SSSR count). The summed E-state index contributed by atoms with van der Waals surface area (Å²) >= 11 is 0. The summed E-state index contributed by atoms with van der Waals surface area (Å²) in [6.45, 7) is 1.92. The van der Waals surface area contributed by atoms with Gasteiger partial charge in [0.25, 0.3) is 0 Å². The maximum absolute atomic E-state index is 11.8. The zero-order chi connectivity index (χ0) is 13.5. The molecule has 0 radical (unpaired) electrons. The van der Waals surface area contributed by atoms with E-state index in [1.165, 1.54) is 4.90 Å². The third-order valence-electron chi connectivity index (χ3n) is 2.79. The van der Waals surface area contributed by atoms with Gasteiger partial charge in [-0.05, 0) is 18.6 Å². The van der Waals surface area contributed by atoms with Gasteiger partial charge in [0.05, 0.1) is 5.92 Å². The topological polar surface area (TPSA) is 69.6 Å². The minimum Gasteiger partial charge on any atom is -0.481 e. The van der Waals surface area contributed by atoms with Gasteiger partial charge in [-0.15, -0.1) is 0 Å². The van der Waals surface area contributed by atoms with Gasteiger partial charge in [-0.3, -0.25) is 9.69 Å². The van der Waals surface area contributed by atoms with Crippen LogP contribution in [0, 0.1) is 5.92 Å². The number of rotatable bonds is 5. The van der Waals surface area contributed by atoms with Gasteiger partial charge in [0.1, 0.15) is 0 Å². The number of benzene rings is 1. The largest absolute Gasteiger partial charge is 0.481 e. The maximum Gasteiger partial charge on any atom is 0.321 e. The predicted octanol–water partition coefficient (Wildman–Crippen LogP) is 1.94. The molecule has 1 unspecified atom stereocenters. The van der Waals surface area contributed by atoms with E-state index in [0.29, 0.717) is 6.42 Å². The lowest BCUT2D eigenvalue weighted by Crippen LogP contribution is -2.41. The van der Waals surface area contributed by atoms with Gasteiger partial charge in [0, 0.05) is 19.3 Å².